The molecule has 0 saturated heterocycles. The first-order chi connectivity index (χ1) is 6.59. The fourth-order valence-corrected chi connectivity index (χ4v) is 1.83. The van der Waals surface area contributed by atoms with Gasteiger partial charge in [0.15, 0.2) is 17.2 Å². The molecule has 1 aromatic rings. The second kappa shape index (κ2) is 4.23. The molecule has 1 heterocycles. The van der Waals surface area contributed by atoms with Crippen molar-refractivity contribution in [3.63, 3.8) is 0 Å². The zero-order valence-electron chi connectivity index (χ0n) is 8.79. The van der Waals surface area contributed by atoms with Gasteiger partial charge in [-0.2, -0.15) is 0 Å². The highest BCUT2D eigenvalue weighted by molar-refractivity contribution is 5.97. The van der Waals surface area contributed by atoms with Gasteiger partial charge in [0, 0.05) is 18.9 Å². The smallest absolute Gasteiger partial charge is 0.180 e. The van der Waals surface area contributed by atoms with Gasteiger partial charge in [0.1, 0.15) is 13.6 Å². The van der Waals surface area contributed by atoms with Gasteiger partial charge in [-0.25, -0.2) is 4.58 Å². The number of rotatable bonds is 0. The average molecular weight is 272 g/mol. The van der Waals surface area contributed by atoms with Crippen molar-refractivity contribution in [2.45, 2.75) is 13.3 Å². The van der Waals surface area contributed by atoms with Crippen LogP contribution in [0.3, 0.4) is 0 Å². The minimum atomic E-state index is -0.0431. The summed E-state index contributed by atoms with van der Waals surface area (Å²) in [6.07, 6.45) is 0.914. The van der Waals surface area contributed by atoms with E-state index in [0.29, 0.717) is 0 Å². The monoisotopic (exact) mass is 271 g/mol. The summed E-state index contributed by atoms with van der Waals surface area (Å²) in [6, 6.07) is 3.29. The van der Waals surface area contributed by atoms with Gasteiger partial charge in [0.2, 0.25) is 0 Å². The molecule has 82 valence electrons. The van der Waals surface area contributed by atoms with Crippen LogP contribution in [0.4, 0.5) is 0 Å². The van der Waals surface area contributed by atoms with E-state index >= 15 is 0 Å². The summed E-state index contributed by atoms with van der Waals surface area (Å²) in [5, 5.41) is 18.8. The van der Waals surface area contributed by atoms with Gasteiger partial charge in [-0.3, -0.25) is 0 Å². The van der Waals surface area contributed by atoms with E-state index in [-0.39, 0.29) is 28.5 Å². The van der Waals surface area contributed by atoms with Gasteiger partial charge in [-0.15, -0.1) is 0 Å². The zero-order valence-corrected chi connectivity index (χ0v) is 10.4. The van der Waals surface area contributed by atoms with Gasteiger partial charge >= 0.3 is 0 Å². The lowest BCUT2D eigenvalue weighted by Gasteiger charge is -2.14. The standard InChI is InChI=1S/C11H13NO2.BrH/c1-7-9-6-11(14)10(13)5-8(9)3-4-12(7)2;/h5-6,14H,3-4H2,1-2H3;1H. The molecule has 15 heavy (non-hydrogen) atoms. The van der Waals surface area contributed by atoms with Crippen LogP contribution in [-0.4, -0.2) is 34.1 Å². The number of likely N-dealkylation sites (N-methyl/N-ethyl adjacent to an activating group) is 1. The summed E-state index contributed by atoms with van der Waals surface area (Å²) >= 11 is 0. The first kappa shape index (κ1) is 12.0. The molecule has 0 aliphatic carbocycles. The third-order valence-electron chi connectivity index (χ3n) is 2.88. The minimum absolute atomic E-state index is 0. The number of hydrogen-bond acceptors (Lipinski definition) is 2. The van der Waals surface area contributed by atoms with Crippen molar-refractivity contribution in [1.29, 1.82) is 0 Å². The van der Waals surface area contributed by atoms with E-state index in [4.69, 9.17) is 0 Å². The maximum atomic E-state index is 9.40. The van der Waals surface area contributed by atoms with E-state index < -0.39 is 0 Å². The molecule has 2 rings (SSSR count). The first-order valence-electron chi connectivity index (χ1n) is 4.69. The fraction of sp³-hybridized carbons (Fsp3) is 0.364. The largest absolute Gasteiger partial charge is 1.00 e. The average Bonchev–Trinajstić information content (AvgIpc) is 2.15. The summed E-state index contributed by atoms with van der Waals surface area (Å²) in [6.45, 7) is 2.98. The van der Waals surface area contributed by atoms with Crippen molar-refractivity contribution < 1.29 is 31.8 Å². The summed E-state index contributed by atoms with van der Waals surface area (Å²) in [7, 11) is 2.03. The molecule has 1 aliphatic rings. The topological polar surface area (TPSA) is 43.5 Å². The number of hydrogen-bond donors (Lipinski definition) is 2. The molecule has 1 aliphatic heterocycles. The third-order valence-corrected chi connectivity index (χ3v) is 2.88. The number of aromatic hydroxyl groups is 2. The molecule has 0 atom stereocenters. The molecule has 2 N–H and O–H groups in total. The number of nitrogens with zero attached hydrogens (tertiary/aromatic N) is 1. The van der Waals surface area contributed by atoms with Crippen LogP contribution in [-0.2, 0) is 6.42 Å². The molecule has 0 spiro atoms. The molecular formula is C11H14BrNO2. The molecule has 0 bridgehead atoms. The summed E-state index contributed by atoms with van der Waals surface area (Å²) in [4.78, 5) is 0. The summed E-state index contributed by atoms with van der Waals surface area (Å²) in [5.74, 6) is -0.0699. The van der Waals surface area contributed by atoms with Gasteiger partial charge in [-0.05, 0) is 17.7 Å². The van der Waals surface area contributed by atoms with Crippen LogP contribution in [0.25, 0.3) is 0 Å². The molecule has 0 saturated carbocycles. The molecule has 4 heteroatoms. The van der Waals surface area contributed by atoms with Crippen LogP contribution >= 0.6 is 0 Å². The predicted octanol–water partition coefficient (Wildman–Crippen LogP) is -1.89. The van der Waals surface area contributed by atoms with E-state index in [9.17, 15) is 10.2 Å². The quantitative estimate of drug-likeness (QED) is 0.428. The number of halogens is 1. The Balaban J connectivity index is 0.00000112. The summed E-state index contributed by atoms with van der Waals surface area (Å²) < 4.78 is 2.15. The fourth-order valence-electron chi connectivity index (χ4n) is 1.83. The maximum absolute atomic E-state index is 9.40. The molecular weight excluding hydrogens is 258 g/mol. The number of benzene rings is 1. The van der Waals surface area contributed by atoms with Crippen LogP contribution in [0.15, 0.2) is 12.1 Å². The third kappa shape index (κ3) is 2.00. The van der Waals surface area contributed by atoms with Gasteiger partial charge in [-0.1, -0.05) is 0 Å². The Morgan fingerprint density at radius 1 is 1.20 bits per heavy atom. The van der Waals surface area contributed by atoms with E-state index in [1.165, 1.54) is 0 Å². The Kier molecular flexibility index (Phi) is 3.39. The molecule has 0 radical (unpaired) electrons. The Bertz CT molecular complexity index is 427. The van der Waals surface area contributed by atoms with Crippen molar-refractivity contribution >= 4 is 5.71 Å². The molecule has 0 fully saturated rings. The van der Waals surface area contributed by atoms with Crippen LogP contribution < -0.4 is 17.0 Å². The maximum Gasteiger partial charge on any atom is 0.180 e. The molecule has 0 unspecified atom stereocenters. The van der Waals surface area contributed by atoms with Crippen molar-refractivity contribution in [3.05, 3.63) is 23.3 Å². The normalized spacial score (nSPS) is 14.5. The zero-order chi connectivity index (χ0) is 10.3. The SMILES string of the molecule is CC1=[N+](C)CCc2cc(O)c(O)cc21.[Br-]. The van der Waals surface area contributed by atoms with Crippen molar-refractivity contribution in [1.82, 2.24) is 0 Å². The Morgan fingerprint density at radius 2 is 1.80 bits per heavy atom. The molecule has 0 aromatic heterocycles. The lowest BCUT2D eigenvalue weighted by Crippen LogP contribution is -3.00. The van der Waals surface area contributed by atoms with Crippen LogP contribution in [0.2, 0.25) is 0 Å². The van der Waals surface area contributed by atoms with Gasteiger partial charge < -0.3 is 27.2 Å². The summed E-state index contributed by atoms with van der Waals surface area (Å²) in [5.41, 5.74) is 3.28. The molecule has 3 nitrogen and oxygen atoms in total. The van der Waals surface area contributed by atoms with E-state index in [1.807, 2.05) is 14.0 Å². The van der Waals surface area contributed by atoms with Gasteiger partial charge in [0.25, 0.3) is 0 Å². The molecule has 0 amide bonds. The van der Waals surface area contributed by atoms with Crippen molar-refractivity contribution in [3.8, 4) is 11.5 Å². The predicted molar refractivity (Wildman–Crippen MR) is 54.3 cm³/mol. The van der Waals surface area contributed by atoms with Gasteiger partial charge in [0.05, 0.1) is 0 Å². The van der Waals surface area contributed by atoms with E-state index in [2.05, 4.69) is 4.58 Å². The Hall–Kier alpha value is -1.03. The Morgan fingerprint density at radius 3 is 2.47 bits per heavy atom. The van der Waals surface area contributed by atoms with Crippen LogP contribution in [0, 0.1) is 0 Å². The highest BCUT2D eigenvalue weighted by Crippen LogP contribution is 2.30. The second-order valence-corrected chi connectivity index (χ2v) is 3.76. The first-order valence-corrected chi connectivity index (χ1v) is 4.69. The highest BCUT2D eigenvalue weighted by Gasteiger charge is 2.21. The number of phenols is 2. The number of fused-ring (bicyclic) bond motifs is 1. The minimum Gasteiger partial charge on any atom is -1.00 e. The lowest BCUT2D eigenvalue weighted by molar-refractivity contribution is -0.498. The van der Waals surface area contributed by atoms with Crippen LogP contribution in [0.5, 0.6) is 11.5 Å². The molecule has 1 aromatic carbocycles. The number of phenolic OH excluding ortho intramolecular Hbond substituents is 2. The van der Waals surface area contributed by atoms with E-state index in [1.54, 1.807) is 12.1 Å². The van der Waals surface area contributed by atoms with E-state index in [0.717, 1.165) is 29.8 Å². The van der Waals surface area contributed by atoms with Crippen molar-refractivity contribution in [2.24, 2.45) is 0 Å². The Labute approximate surface area is 99.5 Å². The van der Waals surface area contributed by atoms with Crippen LogP contribution in [0.1, 0.15) is 18.1 Å². The second-order valence-electron chi connectivity index (χ2n) is 3.76. The van der Waals surface area contributed by atoms with Crippen molar-refractivity contribution in [2.75, 3.05) is 13.6 Å². The highest BCUT2D eigenvalue weighted by atomic mass is 79.9. The lowest BCUT2D eigenvalue weighted by atomic mass is 9.97.